The zero-order chi connectivity index (χ0) is 11.4. The van der Waals surface area contributed by atoms with Gasteiger partial charge in [-0.1, -0.05) is 0 Å². The first-order valence-corrected chi connectivity index (χ1v) is 4.35. The Balaban J connectivity index is 4.55. The van der Waals surface area contributed by atoms with Crippen LogP contribution in [0.1, 0.15) is 27.7 Å². The maximum Gasteiger partial charge on any atom is 0.350 e. The molecule has 14 heavy (non-hydrogen) atoms. The first-order valence-electron chi connectivity index (χ1n) is 4.35. The number of ether oxygens (including phenoxy) is 2. The summed E-state index contributed by atoms with van der Waals surface area (Å²) in [4.78, 5) is 21.9. The van der Waals surface area contributed by atoms with Crippen molar-refractivity contribution < 1.29 is 24.2 Å². The van der Waals surface area contributed by atoms with Gasteiger partial charge in [-0.25, -0.2) is 4.79 Å². The highest BCUT2D eigenvalue weighted by atomic mass is 16.6. The molecule has 0 heterocycles. The molecule has 0 aliphatic heterocycles. The van der Waals surface area contributed by atoms with E-state index in [9.17, 15) is 14.7 Å². The molecule has 0 saturated carbocycles. The van der Waals surface area contributed by atoms with Crippen LogP contribution in [0.2, 0.25) is 0 Å². The molecule has 0 rings (SSSR count). The van der Waals surface area contributed by atoms with E-state index in [0.717, 1.165) is 6.92 Å². The van der Waals surface area contributed by atoms with Gasteiger partial charge in [-0.2, -0.15) is 0 Å². The molecular weight excluding hydrogens is 188 g/mol. The minimum absolute atomic E-state index is 0.173. The molecule has 5 nitrogen and oxygen atoms in total. The molecule has 5 heteroatoms. The molecule has 0 saturated heterocycles. The Labute approximate surface area is 83.0 Å². The molecule has 0 aromatic heterocycles. The molecule has 0 fully saturated rings. The van der Waals surface area contributed by atoms with Crippen molar-refractivity contribution in [3.05, 3.63) is 0 Å². The Morgan fingerprint density at radius 1 is 1.43 bits per heavy atom. The van der Waals surface area contributed by atoms with Gasteiger partial charge in [0.25, 0.3) is 0 Å². The van der Waals surface area contributed by atoms with E-state index >= 15 is 0 Å². The fourth-order valence-electron chi connectivity index (χ4n) is 0.865. The van der Waals surface area contributed by atoms with Crippen molar-refractivity contribution in [2.24, 2.45) is 0 Å². The molecule has 0 unspecified atom stereocenters. The molecule has 0 radical (unpaired) electrons. The fourth-order valence-corrected chi connectivity index (χ4v) is 0.865. The largest absolute Gasteiger partial charge is 0.463 e. The summed E-state index contributed by atoms with van der Waals surface area (Å²) in [5, 5.41) is 9.55. The number of carbonyl (C=O) groups is 2. The summed E-state index contributed by atoms with van der Waals surface area (Å²) in [5.41, 5.74) is -1.45. The number of hydrogen-bond donors (Lipinski definition) is 1. The van der Waals surface area contributed by atoms with E-state index in [-0.39, 0.29) is 6.61 Å². The van der Waals surface area contributed by atoms with Gasteiger partial charge in [0.15, 0.2) is 0 Å². The van der Waals surface area contributed by atoms with Crippen LogP contribution < -0.4 is 0 Å². The maximum absolute atomic E-state index is 11.3. The fraction of sp³-hybridized carbons (Fsp3) is 0.778. The first-order chi connectivity index (χ1) is 6.29. The average molecular weight is 204 g/mol. The van der Waals surface area contributed by atoms with Crippen molar-refractivity contribution in [3.63, 3.8) is 0 Å². The highest BCUT2D eigenvalue weighted by molar-refractivity contribution is 5.79. The Hall–Kier alpha value is -1.10. The van der Waals surface area contributed by atoms with Gasteiger partial charge in [0, 0.05) is 6.92 Å². The summed E-state index contributed by atoms with van der Waals surface area (Å²) in [6.07, 6.45) is -1.28. The summed E-state index contributed by atoms with van der Waals surface area (Å²) < 4.78 is 9.32. The zero-order valence-electron chi connectivity index (χ0n) is 8.86. The third-order valence-corrected chi connectivity index (χ3v) is 1.43. The van der Waals surface area contributed by atoms with E-state index in [4.69, 9.17) is 0 Å². The first kappa shape index (κ1) is 12.9. The van der Waals surface area contributed by atoms with Crippen molar-refractivity contribution >= 4 is 11.9 Å². The zero-order valence-corrected chi connectivity index (χ0v) is 8.86. The Kier molecular flexibility index (Phi) is 4.56. The maximum atomic E-state index is 11.3. The Morgan fingerprint density at radius 3 is 2.21 bits per heavy atom. The molecule has 1 atom stereocenters. The highest BCUT2D eigenvalue weighted by Gasteiger charge is 2.37. The molecular formula is C9H16O5. The van der Waals surface area contributed by atoms with Crippen LogP contribution in [0.3, 0.4) is 0 Å². The molecule has 0 spiro atoms. The normalized spacial score (nSPS) is 13.2. The second-order valence-corrected chi connectivity index (χ2v) is 3.40. The van der Waals surface area contributed by atoms with E-state index in [1.165, 1.54) is 13.8 Å². The van der Waals surface area contributed by atoms with Crippen LogP contribution in [0.15, 0.2) is 0 Å². The summed E-state index contributed by atoms with van der Waals surface area (Å²) in [6, 6.07) is 0. The van der Waals surface area contributed by atoms with Gasteiger partial charge in [-0.15, -0.1) is 0 Å². The van der Waals surface area contributed by atoms with Crippen molar-refractivity contribution in [3.8, 4) is 0 Å². The number of hydrogen-bond acceptors (Lipinski definition) is 5. The van der Waals surface area contributed by atoms with Crippen LogP contribution in [0.4, 0.5) is 0 Å². The van der Waals surface area contributed by atoms with Crippen LogP contribution in [0, 0.1) is 0 Å². The van der Waals surface area contributed by atoms with Crippen LogP contribution in [-0.2, 0) is 19.1 Å². The molecule has 0 aliphatic carbocycles. The molecule has 1 N–H and O–H groups in total. The molecule has 0 bridgehead atoms. The lowest BCUT2D eigenvalue weighted by molar-refractivity contribution is -0.181. The minimum Gasteiger partial charge on any atom is -0.463 e. The Bertz CT molecular complexity index is 216. The van der Waals surface area contributed by atoms with E-state index in [1.54, 1.807) is 6.92 Å². The predicted molar refractivity (Wildman–Crippen MR) is 48.5 cm³/mol. The van der Waals surface area contributed by atoms with Crippen LogP contribution in [-0.4, -0.2) is 35.4 Å². The molecule has 0 aliphatic rings. The van der Waals surface area contributed by atoms with Crippen LogP contribution >= 0.6 is 0 Å². The van der Waals surface area contributed by atoms with Crippen molar-refractivity contribution in [2.45, 2.75) is 39.4 Å². The van der Waals surface area contributed by atoms with Gasteiger partial charge in [0.2, 0.25) is 6.10 Å². The molecule has 0 aromatic carbocycles. The quantitative estimate of drug-likeness (QED) is 0.664. The number of rotatable bonds is 4. The number of carbonyl (C=O) groups excluding carboxylic acids is 2. The van der Waals surface area contributed by atoms with Crippen molar-refractivity contribution in [1.29, 1.82) is 0 Å². The predicted octanol–water partition coefficient (Wildman–Crippen LogP) is 0.252. The second-order valence-electron chi connectivity index (χ2n) is 3.40. The number of esters is 2. The van der Waals surface area contributed by atoms with Gasteiger partial charge in [0.05, 0.1) is 6.61 Å². The van der Waals surface area contributed by atoms with E-state index in [2.05, 4.69) is 9.47 Å². The lowest BCUT2D eigenvalue weighted by Gasteiger charge is -2.26. The van der Waals surface area contributed by atoms with Gasteiger partial charge in [-0.3, -0.25) is 4.79 Å². The topological polar surface area (TPSA) is 72.8 Å². The minimum atomic E-state index is -1.45. The standard InChI is InChI=1S/C9H16O5/c1-5-13-8(11)7(9(3,4)12)14-6(2)10/h7,12H,5H2,1-4H3/t7-/m1/s1. The van der Waals surface area contributed by atoms with Gasteiger partial charge >= 0.3 is 11.9 Å². The van der Waals surface area contributed by atoms with Gasteiger partial charge in [0.1, 0.15) is 5.60 Å². The molecule has 82 valence electrons. The SMILES string of the molecule is CCOC(=O)[C@@H](OC(C)=O)C(C)(C)O. The number of aliphatic hydroxyl groups is 1. The van der Waals surface area contributed by atoms with Gasteiger partial charge < -0.3 is 14.6 Å². The monoisotopic (exact) mass is 204 g/mol. The molecule has 0 amide bonds. The third kappa shape index (κ3) is 4.23. The summed E-state index contributed by atoms with van der Waals surface area (Å²) in [6.45, 7) is 5.72. The Morgan fingerprint density at radius 2 is 1.93 bits per heavy atom. The van der Waals surface area contributed by atoms with Gasteiger partial charge in [-0.05, 0) is 20.8 Å². The van der Waals surface area contributed by atoms with Crippen LogP contribution in [0.5, 0.6) is 0 Å². The smallest absolute Gasteiger partial charge is 0.350 e. The van der Waals surface area contributed by atoms with Crippen molar-refractivity contribution in [2.75, 3.05) is 6.61 Å². The summed E-state index contributed by atoms with van der Waals surface area (Å²) in [7, 11) is 0. The molecule has 0 aromatic rings. The highest BCUT2D eigenvalue weighted by Crippen LogP contribution is 2.14. The van der Waals surface area contributed by atoms with E-state index in [1.807, 2.05) is 0 Å². The van der Waals surface area contributed by atoms with E-state index in [0.29, 0.717) is 0 Å². The summed E-state index contributed by atoms with van der Waals surface area (Å²) >= 11 is 0. The lowest BCUT2D eigenvalue weighted by atomic mass is 10.0. The van der Waals surface area contributed by atoms with Crippen LogP contribution in [0.25, 0.3) is 0 Å². The second kappa shape index (κ2) is 4.95. The average Bonchev–Trinajstić information content (AvgIpc) is 1.98. The van der Waals surface area contributed by atoms with Crippen molar-refractivity contribution in [1.82, 2.24) is 0 Å². The third-order valence-electron chi connectivity index (χ3n) is 1.43. The lowest BCUT2D eigenvalue weighted by Crippen LogP contribution is -2.46. The summed E-state index contributed by atoms with van der Waals surface area (Å²) in [5.74, 6) is -1.37. The van der Waals surface area contributed by atoms with E-state index < -0.39 is 23.6 Å².